The second kappa shape index (κ2) is 8.82. The van der Waals surface area contributed by atoms with Crippen molar-refractivity contribution in [2.75, 3.05) is 0 Å². The minimum atomic E-state index is 0.461. The molecular weight excluding hydrogens is 348 g/mol. The standard InChI is InChI=1S/C24H20N2O2/c1-3-15-25-21(5-1)17-27-23-11-7-19(8-12-23)20-9-13-24(14-10-20)28-18-22-6-2-4-16-26-22/h1-16H,17-18H2. The molecule has 4 heteroatoms. The summed E-state index contributed by atoms with van der Waals surface area (Å²) in [6, 6.07) is 27.7. The number of aromatic nitrogens is 2. The molecule has 0 aliphatic rings. The van der Waals surface area contributed by atoms with Crippen molar-refractivity contribution < 1.29 is 9.47 Å². The van der Waals surface area contributed by atoms with Crippen molar-refractivity contribution in [2.24, 2.45) is 0 Å². The van der Waals surface area contributed by atoms with Gasteiger partial charge in [0.2, 0.25) is 0 Å². The Morgan fingerprint density at radius 1 is 0.500 bits per heavy atom. The van der Waals surface area contributed by atoms with Crippen LogP contribution in [0.25, 0.3) is 11.1 Å². The molecule has 0 aliphatic carbocycles. The first kappa shape index (κ1) is 17.7. The highest BCUT2D eigenvalue weighted by Gasteiger charge is 2.02. The maximum Gasteiger partial charge on any atom is 0.130 e. The van der Waals surface area contributed by atoms with E-state index >= 15 is 0 Å². The van der Waals surface area contributed by atoms with Gasteiger partial charge in [0, 0.05) is 12.4 Å². The summed E-state index contributed by atoms with van der Waals surface area (Å²) in [6.07, 6.45) is 3.54. The van der Waals surface area contributed by atoms with E-state index in [1.54, 1.807) is 12.4 Å². The third-order valence-corrected chi connectivity index (χ3v) is 4.27. The number of ether oxygens (including phenoxy) is 2. The van der Waals surface area contributed by atoms with E-state index in [9.17, 15) is 0 Å². The van der Waals surface area contributed by atoms with Crippen LogP contribution in [-0.2, 0) is 13.2 Å². The smallest absolute Gasteiger partial charge is 0.130 e. The van der Waals surface area contributed by atoms with Crippen LogP contribution >= 0.6 is 0 Å². The van der Waals surface area contributed by atoms with Gasteiger partial charge in [-0.25, -0.2) is 0 Å². The Bertz CT molecular complexity index is 901. The van der Waals surface area contributed by atoms with Gasteiger partial charge in [-0.1, -0.05) is 36.4 Å². The number of benzene rings is 2. The lowest BCUT2D eigenvalue weighted by molar-refractivity contribution is 0.301. The van der Waals surface area contributed by atoms with Crippen LogP contribution in [0.3, 0.4) is 0 Å². The van der Waals surface area contributed by atoms with Crippen LogP contribution in [0.4, 0.5) is 0 Å². The highest BCUT2D eigenvalue weighted by Crippen LogP contribution is 2.25. The zero-order valence-corrected chi connectivity index (χ0v) is 15.4. The van der Waals surface area contributed by atoms with Crippen LogP contribution in [0.15, 0.2) is 97.3 Å². The maximum atomic E-state index is 5.79. The maximum absolute atomic E-state index is 5.79. The molecule has 4 aromatic rings. The minimum Gasteiger partial charge on any atom is -0.487 e. The molecule has 0 amide bonds. The van der Waals surface area contributed by atoms with Crippen molar-refractivity contribution in [3.05, 3.63) is 109 Å². The van der Waals surface area contributed by atoms with Gasteiger partial charge in [0.25, 0.3) is 0 Å². The van der Waals surface area contributed by atoms with Crippen molar-refractivity contribution in [3.63, 3.8) is 0 Å². The van der Waals surface area contributed by atoms with Crippen LogP contribution in [0.2, 0.25) is 0 Å². The Balaban J connectivity index is 1.34. The summed E-state index contributed by atoms with van der Waals surface area (Å²) in [7, 11) is 0. The quantitative estimate of drug-likeness (QED) is 0.444. The lowest BCUT2D eigenvalue weighted by Gasteiger charge is -2.09. The largest absolute Gasteiger partial charge is 0.487 e. The van der Waals surface area contributed by atoms with E-state index in [0.717, 1.165) is 34.0 Å². The monoisotopic (exact) mass is 368 g/mol. The van der Waals surface area contributed by atoms with Crippen LogP contribution in [-0.4, -0.2) is 9.97 Å². The Hall–Kier alpha value is -3.66. The predicted molar refractivity (Wildman–Crippen MR) is 109 cm³/mol. The number of pyridine rings is 2. The average Bonchev–Trinajstić information content (AvgIpc) is 2.78. The first-order chi connectivity index (χ1) is 13.9. The first-order valence-electron chi connectivity index (χ1n) is 9.13. The first-order valence-corrected chi connectivity index (χ1v) is 9.13. The molecule has 2 aromatic carbocycles. The van der Waals surface area contributed by atoms with E-state index in [1.807, 2.05) is 60.7 Å². The normalized spacial score (nSPS) is 10.4. The highest BCUT2D eigenvalue weighted by molar-refractivity contribution is 5.64. The fraction of sp³-hybridized carbons (Fsp3) is 0.0833. The lowest BCUT2D eigenvalue weighted by atomic mass is 10.1. The molecule has 138 valence electrons. The number of hydrogen-bond donors (Lipinski definition) is 0. The summed E-state index contributed by atoms with van der Waals surface area (Å²) < 4.78 is 11.6. The molecule has 4 rings (SSSR count). The Morgan fingerprint density at radius 2 is 0.929 bits per heavy atom. The molecule has 0 unspecified atom stereocenters. The van der Waals surface area contributed by atoms with Crippen LogP contribution in [0.1, 0.15) is 11.4 Å². The number of hydrogen-bond acceptors (Lipinski definition) is 4. The topological polar surface area (TPSA) is 44.2 Å². The zero-order chi connectivity index (χ0) is 19.0. The van der Waals surface area contributed by atoms with E-state index in [1.165, 1.54) is 0 Å². The SMILES string of the molecule is c1ccc(COc2ccc(-c3ccc(OCc4ccccn4)cc3)cc2)nc1. The van der Waals surface area contributed by atoms with Gasteiger partial charge in [-0.2, -0.15) is 0 Å². The third kappa shape index (κ3) is 4.74. The van der Waals surface area contributed by atoms with Gasteiger partial charge in [-0.15, -0.1) is 0 Å². The summed E-state index contributed by atoms with van der Waals surface area (Å²) in [6.45, 7) is 0.922. The highest BCUT2D eigenvalue weighted by atomic mass is 16.5. The van der Waals surface area contributed by atoms with Gasteiger partial charge in [0.15, 0.2) is 0 Å². The summed E-state index contributed by atoms with van der Waals surface area (Å²) in [5.41, 5.74) is 4.07. The molecule has 0 radical (unpaired) electrons. The molecule has 0 bridgehead atoms. The second-order valence-corrected chi connectivity index (χ2v) is 6.27. The fourth-order valence-electron chi connectivity index (χ4n) is 2.77. The Kier molecular flexibility index (Phi) is 5.59. The molecule has 0 N–H and O–H groups in total. The minimum absolute atomic E-state index is 0.461. The van der Waals surface area contributed by atoms with Gasteiger partial charge < -0.3 is 9.47 Å². The molecule has 4 nitrogen and oxygen atoms in total. The van der Waals surface area contributed by atoms with Crippen LogP contribution in [0, 0.1) is 0 Å². The molecule has 0 aliphatic heterocycles. The van der Waals surface area contributed by atoms with E-state index in [4.69, 9.17) is 9.47 Å². The van der Waals surface area contributed by atoms with E-state index < -0.39 is 0 Å². The molecule has 0 saturated heterocycles. The Labute approximate surface area is 164 Å². The van der Waals surface area contributed by atoms with Crippen LogP contribution < -0.4 is 9.47 Å². The third-order valence-electron chi connectivity index (χ3n) is 4.27. The molecule has 0 fully saturated rings. The van der Waals surface area contributed by atoms with Crippen molar-refractivity contribution in [1.82, 2.24) is 9.97 Å². The van der Waals surface area contributed by atoms with Gasteiger partial charge in [0.05, 0.1) is 11.4 Å². The van der Waals surface area contributed by atoms with Gasteiger partial charge in [-0.3, -0.25) is 9.97 Å². The van der Waals surface area contributed by atoms with Gasteiger partial charge in [-0.05, 0) is 59.7 Å². The van der Waals surface area contributed by atoms with Crippen molar-refractivity contribution in [3.8, 4) is 22.6 Å². The molecule has 0 saturated carbocycles. The second-order valence-electron chi connectivity index (χ2n) is 6.27. The summed E-state index contributed by atoms with van der Waals surface area (Å²) in [5, 5.41) is 0. The molecule has 2 aromatic heterocycles. The lowest BCUT2D eigenvalue weighted by Crippen LogP contribution is -1.97. The number of rotatable bonds is 7. The Morgan fingerprint density at radius 3 is 1.29 bits per heavy atom. The van der Waals surface area contributed by atoms with E-state index in [-0.39, 0.29) is 0 Å². The van der Waals surface area contributed by atoms with Crippen molar-refractivity contribution in [2.45, 2.75) is 13.2 Å². The molecule has 0 spiro atoms. The molecule has 2 heterocycles. The molecular formula is C24H20N2O2. The summed E-state index contributed by atoms with van der Waals surface area (Å²) >= 11 is 0. The average molecular weight is 368 g/mol. The van der Waals surface area contributed by atoms with E-state index in [0.29, 0.717) is 13.2 Å². The zero-order valence-electron chi connectivity index (χ0n) is 15.4. The molecule has 28 heavy (non-hydrogen) atoms. The van der Waals surface area contributed by atoms with E-state index in [2.05, 4.69) is 34.2 Å². The summed E-state index contributed by atoms with van der Waals surface area (Å²) in [4.78, 5) is 8.52. The van der Waals surface area contributed by atoms with Gasteiger partial charge in [0.1, 0.15) is 24.7 Å². The van der Waals surface area contributed by atoms with Crippen LogP contribution in [0.5, 0.6) is 11.5 Å². The fourth-order valence-corrected chi connectivity index (χ4v) is 2.77. The summed E-state index contributed by atoms with van der Waals surface area (Å²) in [5.74, 6) is 1.65. The molecule has 0 atom stereocenters. The number of nitrogens with zero attached hydrogens (tertiary/aromatic N) is 2. The van der Waals surface area contributed by atoms with Crippen molar-refractivity contribution in [1.29, 1.82) is 0 Å². The predicted octanol–water partition coefficient (Wildman–Crippen LogP) is 5.30. The van der Waals surface area contributed by atoms with Gasteiger partial charge >= 0.3 is 0 Å². The van der Waals surface area contributed by atoms with Crippen molar-refractivity contribution >= 4 is 0 Å².